The van der Waals surface area contributed by atoms with Gasteiger partial charge >= 0.3 is 0 Å². The Morgan fingerprint density at radius 1 is 1.21 bits per heavy atom. The third-order valence-electron chi connectivity index (χ3n) is 2.96. The van der Waals surface area contributed by atoms with Gasteiger partial charge in [-0.1, -0.05) is 45.7 Å². The lowest BCUT2D eigenvalue weighted by atomic mass is 10.0. The summed E-state index contributed by atoms with van der Waals surface area (Å²) in [5, 5.41) is 0.677. The van der Waals surface area contributed by atoms with E-state index in [4.69, 9.17) is 16.3 Å². The van der Waals surface area contributed by atoms with E-state index in [1.54, 1.807) is 13.2 Å². The molecule has 0 saturated carbocycles. The maximum absolute atomic E-state index is 13.4. The van der Waals surface area contributed by atoms with Crippen LogP contribution in [0.4, 0.5) is 4.39 Å². The van der Waals surface area contributed by atoms with Crippen LogP contribution >= 0.6 is 27.5 Å². The number of aryl methyl sites for hydroxylation is 1. The number of hydrogen-bond donors (Lipinski definition) is 0. The van der Waals surface area contributed by atoms with Crippen LogP contribution in [0.1, 0.15) is 21.5 Å². The van der Waals surface area contributed by atoms with E-state index in [0.717, 1.165) is 16.7 Å². The van der Waals surface area contributed by atoms with E-state index < -0.39 is 0 Å². The van der Waals surface area contributed by atoms with Crippen LogP contribution in [-0.2, 0) is 0 Å². The summed E-state index contributed by atoms with van der Waals surface area (Å²) in [5.41, 5.74) is 2.60. The van der Waals surface area contributed by atoms with Crippen LogP contribution in [0.2, 0.25) is 5.02 Å². The Kier molecular flexibility index (Phi) is 4.48. The van der Waals surface area contributed by atoms with Gasteiger partial charge in [0, 0.05) is 10.6 Å². The number of methoxy groups -OCH3 is 1. The van der Waals surface area contributed by atoms with Gasteiger partial charge in [-0.15, -0.1) is 0 Å². The van der Waals surface area contributed by atoms with Gasteiger partial charge in [0.05, 0.1) is 11.9 Å². The molecule has 19 heavy (non-hydrogen) atoms. The van der Waals surface area contributed by atoms with Gasteiger partial charge in [0.2, 0.25) is 0 Å². The van der Waals surface area contributed by atoms with Crippen molar-refractivity contribution in [2.75, 3.05) is 7.11 Å². The first kappa shape index (κ1) is 14.4. The zero-order chi connectivity index (χ0) is 14.0. The van der Waals surface area contributed by atoms with E-state index in [2.05, 4.69) is 15.9 Å². The van der Waals surface area contributed by atoms with Crippen molar-refractivity contribution >= 4 is 27.5 Å². The molecule has 0 aromatic heterocycles. The summed E-state index contributed by atoms with van der Waals surface area (Å²) in [4.78, 5) is -0.217. The summed E-state index contributed by atoms with van der Waals surface area (Å²) in [6.45, 7) is 1.94. The number of hydrogen-bond acceptors (Lipinski definition) is 1. The molecule has 0 saturated heterocycles. The average Bonchev–Trinajstić information content (AvgIpc) is 2.41. The molecule has 0 fully saturated rings. The Labute approximate surface area is 125 Å². The summed E-state index contributed by atoms with van der Waals surface area (Å²) < 4.78 is 18.7. The molecule has 0 aliphatic carbocycles. The quantitative estimate of drug-likeness (QED) is 0.689. The zero-order valence-electron chi connectivity index (χ0n) is 10.6. The van der Waals surface area contributed by atoms with Crippen LogP contribution in [-0.4, -0.2) is 7.11 Å². The van der Waals surface area contributed by atoms with Crippen LogP contribution in [0.3, 0.4) is 0 Å². The van der Waals surface area contributed by atoms with Crippen LogP contribution in [0, 0.1) is 12.7 Å². The molecule has 100 valence electrons. The SMILES string of the molecule is COc1ccc(F)cc1C(Br)c1cccc(C)c1Cl. The first-order valence-corrected chi connectivity index (χ1v) is 7.06. The second-order valence-electron chi connectivity index (χ2n) is 4.23. The predicted octanol–water partition coefficient (Wildman–Crippen LogP) is 5.28. The fourth-order valence-corrected chi connectivity index (χ4v) is 3.04. The van der Waals surface area contributed by atoms with E-state index in [0.29, 0.717) is 10.8 Å². The summed E-state index contributed by atoms with van der Waals surface area (Å²) >= 11 is 9.88. The minimum atomic E-state index is -0.302. The molecular formula is C15H13BrClFO. The largest absolute Gasteiger partial charge is 0.496 e. The normalized spacial score (nSPS) is 12.3. The molecule has 2 aromatic carbocycles. The Hall–Kier alpha value is -1.06. The lowest BCUT2D eigenvalue weighted by molar-refractivity contribution is 0.409. The topological polar surface area (TPSA) is 9.23 Å². The molecule has 0 amide bonds. The van der Waals surface area contributed by atoms with Crippen LogP contribution in [0.25, 0.3) is 0 Å². The number of halogens is 3. The van der Waals surface area contributed by atoms with E-state index >= 15 is 0 Å². The fourth-order valence-electron chi connectivity index (χ4n) is 1.94. The maximum atomic E-state index is 13.4. The molecule has 0 radical (unpaired) electrons. The van der Waals surface area contributed by atoms with Gasteiger partial charge in [-0.05, 0) is 36.2 Å². The van der Waals surface area contributed by atoms with Crippen molar-refractivity contribution < 1.29 is 9.13 Å². The lowest BCUT2D eigenvalue weighted by Gasteiger charge is -2.17. The number of rotatable bonds is 3. The summed E-state index contributed by atoms with van der Waals surface area (Å²) in [6.07, 6.45) is 0. The smallest absolute Gasteiger partial charge is 0.123 e. The van der Waals surface area contributed by atoms with E-state index in [1.807, 2.05) is 25.1 Å². The molecule has 2 rings (SSSR count). The van der Waals surface area contributed by atoms with Crippen LogP contribution < -0.4 is 4.74 Å². The molecule has 1 nitrogen and oxygen atoms in total. The van der Waals surface area contributed by atoms with E-state index in [-0.39, 0.29) is 10.6 Å². The first-order chi connectivity index (χ1) is 9.04. The molecular weight excluding hydrogens is 331 g/mol. The molecule has 0 aliphatic heterocycles. The van der Waals surface area contributed by atoms with Gasteiger partial charge in [-0.3, -0.25) is 0 Å². The van der Waals surface area contributed by atoms with Gasteiger partial charge in [-0.2, -0.15) is 0 Å². The summed E-state index contributed by atoms with van der Waals surface area (Å²) in [7, 11) is 1.56. The van der Waals surface area contributed by atoms with E-state index in [1.165, 1.54) is 12.1 Å². The summed E-state index contributed by atoms with van der Waals surface area (Å²) in [6, 6.07) is 10.2. The molecule has 2 aromatic rings. The molecule has 0 aliphatic rings. The minimum Gasteiger partial charge on any atom is -0.496 e. The standard InChI is InChI=1S/C15H13BrClFO/c1-9-4-3-5-11(15(9)17)14(16)12-8-10(18)6-7-13(12)19-2/h3-8,14H,1-2H3. The predicted molar refractivity (Wildman–Crippen MR) is 79.9 cm³/mol. The highest BCUT2D eigenvalue weighted by Gasteiger charge is 2.19. The van der Waals surface area contributed by atoms with Gasteiger partial charge in [-0.25, -0.2) is 4.39 Å². The number of benzene rings is 2. The third-order valence-corrected chi connectivity index (χ3v) is 4.46. The van der Waals surface area contributed by atoms with Crippen molar-refractivity contribution in [1.29, 1.82) is 0 Å². The third kappa shape index (κ3) is 2.93. The average molecular weight is 344 g/mol. The van der Waals surface area contributed by atoms with Crippen molar-refractivity contribution in [2.24, 2.45) is 0 Å². The van der Waals surface area contributed by atoms with Crippen LogP contribution in [0.5, 0.6) is 5.75 Å². The minimum absolute atomic E-state index is 0.217. The molecule has 1 unspecified atom stereocenters. The Balaban J connectivity index is 2.52. The Morgan fingerprint density at radius 2 is 1.95 bits per heavy atom. The number of ether oxygens (including phenoxy) is 1. The highest BCUT2D eigenvalue weighted by molar-refractivity contribution is 9.09. The summed E-state index contributed by atoms with van der Waals surface area (Å²) in [5.74, 6) is 0.324. The molecule has 0 heterocycles. The Bertz CT molecular complexity index is 601. The monoisotopic (exact) mass is 342 g/mol. The molecule has 1 atom stereocenters. The highest BCUT2D eigenvalue weighted by atomic mass is 79.9. The highest BCUT2D eigenvalue weighted by Crippen LogP contribution is 2.40. The zero-order valence-corrected chi connectivity index (χ0v) is 12.9. The maximum Gasteiger partial charge on any atom is 0.123 e. The number of alkyl halides is 1. The second-order valence-corrected chi connectivity index (χ2v) is 5.52. The van der Waals surface area contributed by atoms with Gasteiger partial charge < -0.3 is 4.74 Å². The molecule has 0 bridgehead atoms. The Morgan fingerprint density at radius 3 is 2.63 bits per heavy atom. The lowest BCUT2D eigenvalue weighted by Crippen LogP contribution is -1.99. The van der Waals surface area contributed by atoms with Crippen molar-refractivity contribution in [3.05, 3.63) is 63.9 Å². The van der Waals surface area contributed by atoms with Gasteiger partial charge in [0.25, 0.3) is 0 Å². The van der Waals surface area contributed by atoms with Crippen molar-refractivity contribution in [1.82, 2.24) is 0 Å². The van der Waals surface area contributed by atoms with Crippen LogP contribution in [0.15, 0.2) is 36.4 Å². The van der Waals surface area contributed by atoms with Crippen molar-refractivity contribution in [2.45, 2.75) is 11.8 Å². The molecule has 0 N–H and O–H groups in total. The van der Waals surface area contributed by atoms with Crippen molar-refractivity contribution in [3.8, 4) is 5.75 Å². The van der Waals surface area contributed by atoms with Gasteiger partial charge in [0.15, 0.2) is 0 Å². The first-order valence-electron chi connectivity index (χ1n) is 5.77. The van der Waals surface area contributed by atoms with E-state index in [9.17, 15) is 4.39 Å². The second kappa shape index (κ2) is 5.93. The van der Waals surface area contributed by atoms with Crippen molar-refractivity contribution in [3.63, 3.8) is 0 Å². The molecule has 4 heteroatoms. The molecule has 0 spiro atoms. The fraction of sp³-hybridized carbons (Fsp3) is 0.200. The van der Waals surface area contributed by atoms with Gasteiger partial charge in [0.1, 0.15) is 11.6 Å².